The summed E-state index contributed by atoms with van der Waals surface area (Å²) >= 11 is 0. The van der Waals surface area contributed by atoms with Gasteiger partial charge in [0.15, 0.2) is 6.29 Å². The van der Waals surface area contributed by atoms with Crippen LogP contribution >= 0.6 is 0 Å². The number of amides is 1. The van der Waals surface area contributed by atoms with Crippen molar-refractivity contribution in [2.45, 2.75) is 83.1 Å². The number of esters is 1. The fourth-order valence-corrected chi connectivity index (χ4v) is 2.54. The van der Waals surface area contributed by atoms with Gasteiger partial charge >= 0.3 is 5.97 Å². The smallest absolute Gasteiger partial charge is 0.305 e. The van der Waals surface area contributed by atoms with E-state index in [0.29, 0.717) is 12.8 Å². The fourth-order valence-electron chi connectivity index (χ4n) is 2.54. The lowest BCUT2D eigenvalue weighted by atomic mass is 10.1. The molecule has 0 aliphatic heterocycles. The van der Waals surface area contributed by atoms with Crippen LogP contribution in [-0.4, -0.2) is 65.5 Å². The number of unbranched alkanes of at least 4 members (excludes halogenated alkanes) is 5. The number of aliphatic hydroxyl groups is 3. The van der Waals surface area contributed by atoms with Gasteiger partial charge in [0.2, 0.25) is 5.91 Å². The standard InChI is InChI=1S/C20H37NO7/c1-3-5-6-7-8-9-10-12-18(25)27-13-14-28-20(26)19(16(23)15-22)21-17(24)11-4-2/h3,16,19-20,22-23,26H,1,4-15H2,2H3,(H,21,24)/t16-,19+,20?/m0/s1. The first-order valence-corrected chi connectivity index (χ1v) is 10.1. The summed E-state index contributed by atoms with van der Waals surface area (Å²) in [6.45, 7) is 4.73. The van der Waals surface area contributed by atoms with E-state index in [1.54, 1.807) is 0 Å². The first-order chi connectivity index (χ1) is 13.5. The van der Waals surface area contributed by atoms with Gasteiger partial charge in [0, 0.05) is 12.8 Å². The van der Waals surface area contributed by atoms with Gasteiger partial charge in [-0.05, 0) is 25.7 Å². The Balaban J connectivity index is 3.96. The minimum absolute atomic E-state index is 0.0416. The van der Waals surface area contributed by atoms with Gasteiger partial charge in [0.25, 0.3) is 0 Å². The van der Waals surface area contributed by atoms with Crippen LogP contribution in [0.25, 0.3) is 0 Å². The summed E-state index contributed by atoms with van der Waals surface area (Å²) < 4.78 is 10.2. The molecule has 0 radical (unpaired) electrons. The van der Waals surface area contributed by atoms with Crippen molar-refractivity contribution < 1.29 is 34.4 Å². The van der Waals surface area contributed by atoms with E-state index in [0.717, 1.165) is 38.5 Å². The topological polar surface area (TPSA) is 125 Å². The molecule has 0 bridgehead atoms. The summed E-state index contributed by atoms with van der Waals surface area (Å²) in [6.07, 6.45) is 6.27. The van der Waals surface area contributed by atoms with Crippen LogP contribution in [-0.2, 0) is 19.1 Å². The quantitative estimate of drug-likeness (QED) is 0.118. The zero-order chi connectivity index (χ0) is 21.2. The molecule has 3 atom stereocenters. The SMILES string of the molecule is C=CCCCCCCCC(=O)OCCOC(O)[C@H](NC(=O)CCC)[C@@H](O)CO. The second-order valence-electron chi connectivity index (χ2n) is 6.67. The van der Waals surface area contributed by atoms with E-state index in [-0.39, 0.29) is 31.5 Å². The van der Waals surface area contributed by atoms with Gasteiger partial charge in [-0.1, -0.05) is 32.3 Å². The third-order valence-electron chi connectivity index (χ3n) is 4.14. The van der Waals surface area contributed by atoms with Crippen molar-refractivity contribution in [1.82, 2.24) is 5.32 Å². The summed E-state index contributed by atoms with van der Waals surface area (Å²) in [5.74, 6) is -0.689. The summed E-state index contributed by atoms with van der Waals surface area (Å²) in [7, 11) is 0. The number of aliphatic hydroxyl groups excluding tert-OH is 3. The molecule has 0 aromatic rings. The van der Waals surface area contributed by atoms with E-state index in [1.165, 1.54) is 0 Å². The van der Waals surface area contributed by atoms with Crippen LogP contribution in [0.4, 0.5) is 0 Å². The predicted molar refractivity (Wildman–Crippen MR) is 105 cm³/mol. The molecule has 0 aromatic heterocycles. The number of allylic oxidation sites excluding steroid dienone is 1. The Morgan fingerprint density at radius 3 is 2.39 bits per heavy atom. The van der Waals surface area contributed by atoms with Crippen LogP contribution < -0.4 is 5.32 Å². The number of rotatable bonds is 18. The average Bonchev–Trinajstić information content (AvgIpc) is 2.68. The third-order valence-corrected chi connectivity index (χ3v) is 4.14. The lowest BCUT2D eigenvalue weighted by molar-refractivity contribution is -0.165. The largest absolute Gasteiger partial charge is 0.463 e. The Hall–Kier alpha value is -1.48. The molecule has 0 saturated carbocycles. The van der Waals surface area contributed by atoms with Crippen LogP contribution in [0, 0.1) is 0 Å². The fraction of sp³-hybridized carbons (Fsp3) is 0.800. The first-order valence-electron chi connectivity index (χ1n) is 10.1. The van der Waals surface area contributed by atoms with Crippen LogP contribution in [0.3, 0.4) is 0 Å². The molecule has 4 N–H and O–H groups in total. The van der Waals surface area contributed by atoms with Crippen molar-refractivity contribution in [3.63, 3.8) is 0 Å². The number of ether oxygens (including phenoxy) is 2. The second kappa shape index (κ2) is 17.6. The van der Waals surface area contributed by atoms with Gasteiger partial charge in [-0.25, -0.2) is 0 Å². The van der Waals surface area contributed by atoms with Crippen LogP contribution in [0.2, 0.25) is 0 Å². The van der Waals surface area contributed by atoms with Gasteiger partial charge < -0.3 is 30.1 Å². The molecular formula is C20H37NO7. The summed E-state index contributed by atoms with van der Waals surface area (Å²) in [4.78, 5) is 23.3. The van der Waals surface area contributed by atoms with Crippen molar-refractivity contribution in [1.29, 1.82) is 0 Å². The number of hydrogen-bond donors (Lipinski definition) is 4. The normalized spacial score (nSPS) is 14.1. The minimum Gasteiger partial charge on any atom is -0.463 e. The number of hydrogen-bond acceptors (Lipinski definition) is 7. The highest BCUT2D eigenvalue weighted by Gasteiger charge is 2.28. The summed E-state index contributed by atoms with van der Waals surface area (Å²) in [6, 6.07) is -1.17. The number of carbonyl (C=O) groups is 2. The van der Waals surface area contributed by atoms with Gasteiger partial charge in [0.05, 0.1) is 13.2 Å². The Morgan fingerprint density at radius 1 is 1.07 bits per heavy atom. The molecule has 0 spiro atoms. The second-order valence-corrected chi connectivity index (χ2v) is 6.67. The Kier molecular flexibility index (Phi) is 16.7. The zero-order valence-corrected chi connectivity index (χ0v) is 17.0. The monoisotopic (exact) mass is 403 g/mol. The molecule has 28 heavy (non-hydrogen) atoms. The highest BCUT2D eigenvalue weighted by Crippen LogP contribution is 2.08. The maximum Gasteiger partial charge on any atom is 0.305 e. The van der Waals surface area contributed by atoms with Crippen LogP contribution in [0.15, 0.2) is 12.7 Å². The van der Waals surface area contributed by atoms with Crippen molar-refractivity contribution in [2.24, 2.45) is 0 Å². The van der Waals surface area contributed by atoms with Crippen LogP contribution in [0.1, 0.15) is 64.7 Å². The van der Waals surface area contributed by atoms with E-state index in [9.17, 15) is 19.8 Å². The molecule has 0 fully saturated rings. The predicted octanol–water partition coefficient (Wildman–Crippen LogP) is 1.42. The molecule has 0 aromatic carbocycles. The molecule has 0 aliphatic carbocycles. The maximum atomic E-state index is 11.7. The third kappa shape index (κ3) is 13.7. The van der Waals surface area contributed by atoms with E-state index < -0.39 is 25.0 Å². The van der Waals surface area contributed by atoms with Crippen LogP contribution in [0.5, 0.6) is 0 Å². The van der Waals surface area contributed by atoms with Gasteiger partial charge in [-0.15, -0.1) is 6.58 Å². The molecule has 0 saturated heterocycles. The number of carbonyl (C=O) groups excluding carboxylic acids is 2. The van der Waals surface area contributed by atoms with Crippen molar-refractivity contribution in [2.75, 3.05) is 19.8 Å². The molecule has 8 heteroatoms. The molecule has 1 unspecified atom stereocenters. The molecule has 0 rings (SSSR count). The molecule has 164 valence electrons. The Bertz CT molecular complexity index is 431. The van der Waals surface area contributed by atoms with Crippen molar-refractivity contribution in [3.8, 4) is 0 Å². The molecule has 1 amide bonds. The van der Waals surface area contributed by atoms with Gasteiger partial charge in [-0.2, -0.15) is 0 Å². The Morgan fingerprint density at radius 2 is 1.75 bits per heavy atom. The van der Waals surface area contributed by atoms with Gasteiger partial charge in [-0.3, -0.25) is 9.59 Å². The molecule has 0 aliphatic rings. The molecule has 0 heterocycles. The van der Waals surface area contributed by atoms with Crippen molar-refractivity contribution in [3.05, 3.63) is 12.7 Å². The highest BCUT2D eigenvalue weighted by atomic mass is 16.6. The van der Waals surface area contributed by atoms with E-state index >= 15 is 0 Å². The average molecular weight is 404 g/mol. The maximum absolute atomic E-state index is 11.7. The van der Waals surface area contributed by atoms with E-state index in [4.69, 9.17) is 14.6 Å². The first kappa shape index (κ1) is 26.5. The van der Waals surface area contributed by atoms with Gasteiger partial charge in [0.1, 0.15) is 18.8 Å². The summed E-state index contributed by atoms with van der Waals surface area (Å²) in [5, 5.41) is 31.2. The Labute approximate surface area is 167 Å². The summed E-state index contributed by atoms with van der Waals surface area (Å²) in [5.41, 5.74) is 0. The molecule has 8 nitrogen and oxygen atoms in total. The van der Waals surface area contributed by atoms with Crippen molar-refractivity contribution >= 4 is 11.9 Å². The van der Waals surface area contributed by atoms with E-state index in [1.807, 2.05) is 13.0 Å². The number of nitrogens with one attached hydrogen (secondary N) is 1. The lowest BCUT2D eigenvalue weighted by Gasteiger charge is -2.27. The van der Waals surface area contributed by atoms with E-state index in [2.05, 4.69) is 11.9 Å². The lowest BCUT2D eigenvalue weighted by Crippen LogP contribution is -2.53. The zero-order valence-electron chi connectivity index (χ0n) is 17.0. The highest BCUT2D eigenvalue weighted by molar-refractivity contribution is 5.76. The molecular weight excluding hydrogens is 366 g/mol. The minimum atomic E-state index is -1.53.